The van der Waals surface area contributed by atoms with Crippen LogP contribution in [0.15, 0.2) is 46.9 Å². The zero-order chi connectivity index (χ0) is 22.6. The molecule has 0 aromatic heterocycles. The molecule has 0 saturated carbocycles. The Bertz CT molecular complexity index is 853. The maximum absolute atomic E-state index is 12.2. The van der Waals surface area contributed by atoms with Gasteiger partial charge in [0.25, 0.3) is 11.8 Å². The number of unbranched alkanes of at least 4 members (excludes halogenated alkanes) is 3. The monoisotopic (exact) mass is 490 g/mol. The van der Waals surface area contributed by atoms with Crippen LogP contribution in [0.5, 0.6) is 11.5 Å². The molecule has 2 N–H and O–H groups in total. The molecule has 0 unspecified atom stereocenters. The summed E-state index contributed by atoms with van der Waals surface area (Å²) in [6.07, 6.45) is 4.57. The van der Waals surface area contributed by atoms with E-state index < -0.39 is 11.8 Å². The maximum Gasteiger partial charge on any atom is 0.276 e. The first kappa shape index (κ1) is 24.7. The highest BCUT2D eigenvalue weighted by Gasteiger charge is 2.12. The lowest BCUT2D eigenvalue weighted by Gasteiger charge is -2.14. The standard InChI is InChI=1S/C24H31BrN2O4/c1-4-5-6-7-14-30-20-11-8-18(9-12-20)24(29)27-26-23(28)16-31-22-13-10-19(25)15-21(22)17(2)3/h8-13,15,17H,4-7,14,16H2,1-3H3,(H,26,28)(H,27,29). The first-order valence-corrected chi connectivity index (χ1v) is 11.4. The first-order chi connectivity index (χ1) is 14.9. The lowest BCUT2D eigenvalue weighted by Crippen LogP contribution is -2.43. The van der Waals surface area contributed by atoms with Crippen LogP contribution in [0.4, 0.5) is 0 Å². The molecular formula is C24H31BrN2O4. The van der Waals surface area contributed by atoms with Crippen molar-refractivity contribution in [1.29, 1.82) is 0 Å². The molecule has 168 valence electrons. The molecule has 0 saturated heterocycles. The number of amides is 2. The Morgan fingerprint density at radius 2 is 1.71 bits per heavy atom. The van der Waals surface area contributed by atoms with Gasteiger partial charge >= 0.3 is 0 Å². The summed E-state index contributed by atoms with van der Waals surface area (Å²) in [6.45, 7) is 6.74. The molecule has 0 aliphatic rings. The van der Waals surface area contributed by atoms with Gasteiger partial charge in [-0.2, -0.15) is 0 Å². The summed E-state index contributed by atoms with van der Waals surface area (Å²) in [6, 6.07) is 12.5. The SMILES string of the molecule is CCCCCCOc1ccc(C(=O)NNC(=O)COc2ccc(Br)cc2C(C)C)cc1. The molecule has 2 aromatic carbocycles. The number of benzene rings is 2. The van der Waals surface area contributed by atoms with Crippen LogP contribution in [-0.2, 0) is 4.79 Å². The van der Waals surface area contributed by atoms with Crippen LogP contribution in [-0.4, -0.2) is 25.0 Å². The Kier molecular flexibility index (Phi) is 10.4. The fourth-order valence-corrected chi connectivity index (χ4v) is 3.28. The highest BCUT2D eigenvalue weighted by molar-refractivity contribution is 9.10. The molecule has 0 aliphatic carbocycles. The van der Waals surface area contributed by atoms with E-state index in [0.29, 0.717) is 17.9 Å². The zero-order valence-electron chi connectivity index (χ0n) is 18.4. The Labute approximate surface area is 192 Å². The minimum atomic E-state index is -0.446. The smallest absolute Gasteiger partial charge is 0.276 e. The molecule has 2 rings (SSSR count). The van der Waals surface area contributed by atoms with Crippen LogP contribution in [0.25, 0.3) is 0 Å². The number of carbonyl (C=O) groups excluding carboxylic acids is 2. The highest BCUT2D eigenvalue weighted by atomic mass is 79.9. The van der Waals surface area contributed by atoms with E-state index in [2.05, 4.69) is 47.6 Å². The number of ether oxygens (including phenoxy) is 2. The van der Waals surface area contributed by atoms with Gasteiger partial charge in [0.1, 0.15) is 11.5 Å². The van der Waals surface area contributed by atoms with E-state index in [4.69, 9.17) is 9.47 Å². The highest BCUT2D eigenvalue weighted by Crippen LogP contribution is 2.29. The minimum absolute atomic E-state index is 0.202. The van der Waals surface area contributed by atoms with Crippen molar-refractivity contribution >= 4 is 27.7 Å². The normalized spacial score (nSPS) is 10.6. The Hall–Kier alpha value is -2.54. The van der Waals surface area contributed by atoms with Gasteiger partial charge in [-0.25, -0.2) is 0 Å². The third-order valence-corrected chi connectivity index (χ3v) is 5.14. The van der Waals surface area contributed by atoms with E-state index in [9.17, 15) is 9.59 Å². The Morgan fingerprint density at radius 3 is 2.39 bits per heavy atom. The predicted molar refractivity (Wildman–Crippen MR) is 125 cm³/mol. The van der Waals surface area contributed by atoms with Gasteiger partial charge in [0.05, 0.1) is 6.61 Å². The van der Waals surface area contributed by atoms with Crippen molar-refractivity contribution < 1.29 is 19.1 Å². The van der Waals surface area contributed by atoms with E-state index >= 15 is 0 Å². The quantitative estimate of drug-likeness (QED) is 0.327. The molecule has 6 nitrogen and oxygen atoms in total. The zero-order valence-corrected chi connectivity index (χ0v) is 20.0. The molecule has 31 heavy (non-hydrogen) atoms. The summed E-state index contributed by atoms with van der Waals surface area (Å²) in [4.78, 5) is 24.3. The summed E-state index contributed by atoms with van der Waals surface area (Å²) < 4.78 is 12.3. The second kappa shape index (κ2) is 13.0. The Morgan fingerprint density at radius 1 is 0.968 bits per heavy atom. The molecule has 0 aliphatic heterocycles. The second-order valence-electron chi connectivity index (χ2n) is 7.56. The summed E-state index contributed by atoms with van der Waals surface area (Å²) in [5, 5.41) is 0. The van der Waals surface area contributed by atoms with E-state index in [1.54, 1.807) is 24.3 Å². The molecular weight excluding hydrogens is 460 g/mol. The fraction of sp³-hybridized carbons (Fsp3) is 0.417. The van der Waals surface area contributed by atoms with Gasteiger partial charge in [0, 0.05) is 10.0 Å². The Balaban J connectivity index is 1.76. The summed E-state index contributed by atoms with van der Waals surface area (Å²) in [5.74, 6) is 0.761. The van der Waals surface area contributed by atoms with Crippen LogP contribution < -0.4 is 20.3 Å². The van der Waals surface area contributed by atoms with Crippen LogP contribution in [0.1, 0.15) is 68.3 Å². The average molecular weight is 491 g/mol. The summed E-state index contributed by atoms with van der Waals surface area (Å²) >= 11 is 3.44. The van der Waals surface area contributed by atoms with E-state index in [0.717, 1.165) is 28.6 Å². The minimum Gasteiger partial charge on any atom is -0.494 e. The number of hydrogen-bond acceptors (Lipinski definition) is 4. The topological polar surface area (TPSA) is 76.7 Å². The van der Waals surface area contributed by atoms with E-state index in [-0.39, 0.29) is 12.5 Å². The predicted octanol–water partition coefficient (Wildman–Crippen LogP) is 5.37. The van der Waals surface area contributed by atoms with Gasteiger partial charge in [-0.3, -0.25) is 20.4 Å². The van der Waals surface area contributed by atoms with E-state index in [1.165, 1.54) is 12.8 Å². The van der Waals surface area contributed by atoms with Gasteiger partial charge in [-0.15, -0.1) is 0 Å². The maximum atomic E-state index is 12.2. The number of halogens is 1. The molecule has 2 aromatic rings. The van der Waals surface area contributed by atoms with Crippen molar-refractivity contribution in [2.24, 2.45) is 0 Å². The van der Waals surface area contributed by atoms with Crippen LogP contribution in [0, 0.1) is 0 Å². The largest absolute Gasteiger partial charge is 0.494 e. The first-order valence-electron chi connectivity index (χ1n) is 10.6. The number of rotatable bonds is 11. The van der Waals surface area contributed by atoms with Crippen molar-refractivity contribution in [1.82, 2.24) is 10.9 Å². The molecule has 2 amide bonds. The summed E-state index contributed by atoms with van der Waals surface area (Å²) in [5.41, 5.74) is 6.20. The lowest BCUT2D eigenvalue weighted by molar-refractivity contribution is -0.123. The van der Waals surface area contributed by atoms with Crippen molar-refractivity contribution in [3.05, 3.63) is 58.1 Å². The number of hydrazine groups is 1. The average Bonchev–Trinajstić information content (AvgIpc) is 2.76. The van der Waals surface area contributed by atoms with Crippen molar-refractivity contribution in [3.8, 4) is 11.5 Å². The van der Waals surface area contributed by atoms with E-state index in [1.807, 2.05) is 18.2 Å². The van der Waals surface area contributed by atoms with Crippen molar-refractivity contribution in [2.75, 3.05) is 13.2 Å². The van der Waals surface area contributed by atoms with Gasteiger partial charge < -0.3 is 9.47 Å². The number of nitrogens with one attached hydrogen (secondary N) is 2. The van der Waals surface area contributed by atoms with Crippen LogP contribution >= 0.6 is 15.9 Å². The fourth-order valence-electron chi connectivity index (χ4n) is 2.90. The lowest BCUT2D eigenvalue weighted by atomic mass is 10.0. The van der Waals surface area contributed by atoms with Crippen LogP contribution in [0.2, 0.25) is 0 Å². The third kappa shape index (κ3) is 8.61. The van der Waals surface area contributed by atoms with Gasteiger partial charge in [-0.05, 0) is 60.4 Å². The van der Waals surface area contributed by atoms with Gasteiger partial charge in [0.15, 0.2) is 6.61 Å². The van der Waals surface area contributed by atoms with Crippen molar-refractivity contribution in [3.63, 3.8) is 0 Å². The van der Waals surface area contributed by atoms with Gasteiger partial charge in [0.2, 0.25) is 0 Å². The molecule has 0 bridgehead atoms. The number of hydrogen-bond donors (Lipinski definition) is 2. The molecule has 0 radical (unpaired) electrons. The summed E-state index contributed by atoms with van der Waals surface area (Å²) in [7, 11) is 0. The molecule has 0 spiro atoms. The van der Waals surface area contributed by atoms with Gasteiger partial charge in [-0.1, -0.05) is 56.0 Å². The second-order valence-corrected chi connectivity index (χ2v) is 8.48. The molecule has 0 fully saturated rings. The molecule has 7 heteroatoms. The molecule has 0 heterocycles. The van der Waals surface area contributed by atoms with Crippen LogP contribution in [0.3, 0.4) is 0 Å². The number of carbonyl (C=O) groups is 2. The third-order valence-electron chi connectivity index (χ3n) is 4.65. The molecule has 0 atom stereocenters. The van der Waals surface area contributed by atoms with Crippen molar-refractivity contribution in [2.45, 2.75) is 52.4 Å².